The third kappa shape index (κ3) is 0.871. The summed E-state index contributed by atoms with van der Waals surface area (Å²) in [4.78, 5) is 0. The third-order valence-electron chi connectivity index (χ3n) is 0.801. The predicted molar refractivity (Wildman–Crippen MR) is 30.2 cm³/mol. The van der Waals surface area contributed by atoms with Crippen LogP contribution in [0, 0.1) is 0 Å². The van der Waals surface area contributed by atoms with Crippen molar-refractivity contribution in [1.29, 1.82) is 0 Å². The van der Waals surface area contributed by atoms with E-state index in [9.17, 15) is 0 Å². The lowest BCUT2D eigenvalue weighted by Gasteiger charge is -2.17. The largest absolute Gasteiger partial charge is 0.0605 e. The third-order valence-corrected chi connectivity index (χ3v) is 4.53. The van der Waals surface area contributed by atoms with Crippen molar-refractivity contribution in [3.05, 3.63) is 0 Å². The summed E-state index contributed by atoms with van der Waals surface area (Å²) in [6.07, 6.45) is 4.40. The van der Waals surface area contributed by atoms with Crippen molar-refractivity contribution < 1.29 is 0 Å². The van der Waals surface area contributed by atoms with Gasteiger partial charge in [0, 0.05) is 0 Å². The Morgan fingerprint density at radius 1 is 1.40 bits per heavy atom. The van der Waals surface area contributed by atoms with Crippen molar-refractivity contribution >= 4 is 22.1 Å². The zero-order valence-corrected chi connectivity index (χ0v) is 5.43. The Morgan fingerprint density at radius 2 is 1.80 bits per heavy atom. The molecule has 30 valence electrons. The summed E-state index contributed by atoms with van der Waals surface area (Å²) in [5.74, 6) is 0. The van der Waals surface area contributed by atoms with Gasteiger partial charge in [0.25, 0.3) is 0 Å². The minimum absolute atomic E-state index is 0.395. The van der Waals surface area contributed by atoms with Crippen LogP contribution in [0.5, 0.6) is 0 Å². The molecule has 1 aliphatic rings. The first-order chi connectivity index (χ1) is 2.39. The second kappa shape index (κ2) is 1.57. The molecular formula is C3H6BrP. The van der Waals surface area contributed by atoms with E-state index >= 15 is 0 Å². The van der Waals surface area contributed by atoms with E-state index in [2.05, 4.69) is 15.5 Å². The van der Waals surface area contributed by atoms with Crippen LogP contribution in [0.1, 0.15) is 6.42 Å². The average Bonchev–Trinajstić information content (AvgIpc) is 1.30. The zero-order chi connectivity index (χ0) is 3.70. The summed E-state index contributed by atoms with van der Waals surface area (Å²) in [6, 6.07) is 0. The standard InChI is InChI=1S/C3H6BrP/c4-5-2-1-3-5/h1-3H2. The fraction of sp³-hybridized carbons (Fsp3) is 1.00. The molecule has 0 N–H and O–H groups in total. The van der Waals surface area contributed by atoms with Crippen molar-refractivity contribution in [2.24, 2.45) is 0 Å². The Kier molecular flexibility index (Phi) is 1.28. The van der Waals surface area contributed by atoms with Crippen LogP contribution in [0.25, 0.3) is 0 Å². The molecule has 0 amide bonds. The van der Waals surface area contributed by atoms with Crippen LogP contribution in [-0.2, 0) is 0 Å². The van der Waals surface area contributed by atoms with E-state index in [1.165, 1.54) is 18.7 Å². The number of rotatable bonds is 0. The van der Waals surface area contributed by atoms with E-state index in [0.717, 1.165) is 0 Å². The van der Waals surface area contributed by atoms with E-state index in [1.807, 2.05) is 0 Å². The first-order valence-electron chi connectivity index (χ1n) is 1.80. The van der Waals surface area contributed by atoms with Crippen molar-refractivity contribution in [3.8, 4) is 0 Å². The maximum atomic E-state index is 3.52. The topological polar surface area (TPSA) is 0 Å². The van der Waals surface area contributed by atoms with Gasteiger partial charge in [-0.2, -0.15) is 0 Å². The maximum Gasteiger partial charge on any atom is -0.0224 e. The quantitative estimate of drug-likeness (QED) is 0.468. The lowest BCUT2D eigenvalue weighted by molar-refractivity contribution is 1.04. The van der Waals surface area contributed by atoms with Gasteiger partial charge in [0.1, 0.15) is 0 Å². The summed E-state index contributed by atoms with van der Waals surface area (Å²) in [5.41, 5.74) is 0. The molecule has 0 bridgehead atoms. The Bertz CT molecular complexity index is 33.9. The molecule has 1 rings (SSSR count). The molecule has 0 aromatic carbocycles. The van der Waals surface area contributed by atoms with Crippen molar-refractivity contribution in [3.63, 3.8) is 0 Å². The molecule has 0 aromatic heterocycles. The van der Waals surface area contributed by atoms with Gasteiger partial charge in [0.05, 0.1) is 0 Å². The highest BCUT2D eigenvalue weighted by atomic mass is 79.9. The molecule has 1 heterocycles. The van der Waals surface area contributed by atoms with Gasteiger partial charge in [-0.05, 0) is 25.4 Å². The molecule has 1 fully saturated rings. The Balaban J connectivity index is 2.08. The van der Waals surface area contributed by atoms with Crippen LogP contribution in [-0.4, -0.2) is 12.3 Å². The van der Waals surface area contributed by atoms with Crippen molar-refractivity contribution in [2.45, 2.75) is 6.42 Å². The highest BCUT2D eigenvalue weighted by molar-refractivity contribution is 9.39. The second-order valence-corrected chi connectivity index (χ2v) is 6.09. The summed E-state index contributed by atoms with van der Waals surface area (Å²) in [5, 5.41) is 0. The smallest absolute Gasteiger partial charge is 0.0224 e. The molecule has 0 saturated carbocycles. The monoisotopic (exact) mass is 152 g/mol. The maximum absolute atomic E-state index is 3.52. The zero-order valence-electron chi connectivity index (χ0n) is 2.95. The molecule has 0 unspecified atom stereocenters. The molecule has 5 heavy (non-hydrogen) atoms. The fourth-order valence-corrected chi connectivity index (χ4v) is 2.34. The molecule has 0 atom stereocenters. The SMILES string of the molecule is BrP1CCC1. The van der Waals surface area contributed by atoms with E-state index < -0.39 is 0 Å². The second-order valence-electron chi connectivity index (χ2n) is 1.26. The van der Waals surface area contributed by atoms with Crippen molar-refractivity contribution in [2.75, 3.05) is 12.3 Å². The van der Waals surface area contributed by atoms with Crippen LogP contribution in [0.2, 0.25) is 0 Å². The van der Waals surface area contributed by atoms with Crippen LogP contribution >= 0.6 is 22.1 Å². The molecule has 0 radical (unpaired) electrons. The number of hydrogen-bond donors (Lipinski definition) is 0. The van der Waals surface area contributed by atoms with Crippen LogP contribution in [0.4, 0.5) is 0 Å². The highest BCUT2D eigenvalue weighted by Gasteiger charge is 2.10. The summed E-state index contributed by atoms with van der Waals surface area (Å²) in [7, 11) is 0. The van der Waals surface area contributed by atoms with Gasteiger partial charge >= 0.3 is 0 Å². The van der Waals surface area contributed by atoms with Gasteiger partial charge in [0.2, 0.25) is 0 Å². The molecule has 2 heteroatoms. The summed E-state index contributed by atoms with van der Waals surface area (Å²) >= 11 is 3.52. The molecule has 0 aliphatic carbocycles. The lowest BCUT2D eigenvalue weighted by atomic mass is 10.5. The minimum Gasteiger partial charge on any atom is -0.0605 e. The van der Waals surface area contributed by atoms with E-state index in [-0.39, 0.29) is 0 Å². The van der Waals surface area contributed by atoms with Crippen LogP contribution in [0.3, 0.4) is 0 Å². The summed E-state index contributed by atoms with van der Waals surface area (Å²) in [6.45, 7) is 0.395. The van der Waals surface area contributed by atoms with Gasteiger partial charge in [-0.15, -0.1) is 0 Å². The van der Waals surface area contributed by atoms with Gasteiger partial charge in [0.15, 0.2) is 0 Å². The highest BCUT2D eigenvalue weighted by Crippen LogP contribution is 2.52. The Hall–Kier alpha value is 0.910. The Morgan fingerprint density at radius 3 is 1.80 bits per heavy atom. The van der Waals surface area contributed by atoms with Gasteiger partial charge in [-0.25, -0.2) is 0 Å². The van der Waals surface area contributed by atoms with E-state index in [4.69, 9.17) is 0 Å². The molecule has 1 saturated heterocycles. The molecule has 0 nitrogen and oxygen atoms in total. The Labute approximate surface area is 41.4 Å². The minimum atomic E-state index is 0.395. The number of halogens is 1. The molecule has 1 aliphatic heterocycles. The number of hydrogen-bond acceptors (Lipinski definition) is 0. The van der Waals surface area contributed by atoms with Gasteiger partial charge in [-0.1, -0.05) is 15.5 Å². The molecule has 0 spiro atoms. The van der Waals surface area contributed by atoms with Gasteiger partial charge < -0.3 is 0 Å². The first-order valence-corrected chi connectivity index (χ1v) is 5.53. The molecule has 0 aromatic rings. The van der Waals surface area contributed by atoms with E-state index in [1.54, 1.807) is 0 Å². The normalized spacial score (nSPS) is 25.8. The summed E-state index contributed by atoms with van der Waals surface area (Å²) < 4.78 is 0. The van der Waals surface area contributed by atoms with Crippen molar-refractivity contribution in [1.82, 2.24) is 0 Å². The average molecular weight is 153 g/mol. The first kappa shape index (κ1) is 4.08. The van der Waals surface area contributed by atoms with E-state index in [0.29, 0.717) is 6.62 Å². The molecular weight excluding hydrogens is 147 g/mol. The lowest BCUT2D eigenvalue weighted by Crippen LogP contribution is -1.96. The predicted octanol–water partition coefficient (Wildman–Crippen LogP) is 2.18. The fourth-order valence-electron chi connectivity index (χ4n) is 0.278. The van der Waals surface area contributed by atoms with Gasteiger partial charge in [-0.3, -0.25) is 0 Å². The van der Waals surface area contributed by atoms with Crippen LogP contribution in [0.15, 0.2) is 0 Å². The van der Waals surface area contributed by atoms with Crippen LogP contribution < -0.4 is 0 Å².